The van der Waals surface area contributed by atoms with Gasteiger partial charge in [-0.2, -0.15) is 0 Å². The molecule has 0 saturated carbocycles. The lowest BCUT2D eigenvalue weighted by atomic mass is 9.96. The van der Waals surface area contributed by atoms with Crippen molar-refractivity contribution in [1.82, 2.24) is 4.98 Å². The average molecular weight is 273 g/mol. The first kappa shape index (κ1) is 13.6. The molecule has 0 amide bonds. The minimum atomic E-state index is -0.457. The molecule has 0 spiro atoms. The fourth-order valence-corrected chi connectivity index (χ4v) is 2.54. The number of hydrogen-bond donors (Lipinski definition) is 0. The van der Waals surface area contributed by atoms with Gasteiger partial charge >= 0.3 is 0 Å². The highest BCUT2D eigenvalue weighted by molar-refractivity contribution is 6.29. The molecule has 3 fully saturated rings. The second-order valence-electron chi connectivity index (χ2n) is 4.31. The second-order valence-corrected chi connectivity index (χ2v) is 4.66. The Balaban J connectivity index is 0.000000574. The maximum absolute atomic E-state index is 13.3. The normalized spacial score (nSPS) is 25.7. The fraction of sp³-hybridized carbons (Fsp3) is 0.615. The van der Waals surface area contributed by atoms with Crippen molar-refractivity contribution < 1.29 is 9.13 Å². The molecule has 18 heavy (non-hydrogen) atoms. The van der Waals surface area contributed by atoms with Crippen molar-refractivity contribution >= 4 is 17.3 Å². The molecule has 0 aliphatic carbocycles. The summed E-state index contributed by atoms with van der Waals surface area (Å²) in [5.41, 5.74) is 0.805. The van der Waals surface area contributed by atoms with E-state index in [-0.39, 0.29) is 11.3 Å². The first-order valence-corrected chi connectivity index (χ1v) is 6.81. The molecule has 2 atom stereocenters. The Hall–Kier alpha value is -0.870. The van der Waals surface area contributed by atoms with Crippen molar-refractivity contribution in [2.24, 2.45) is 0 Å². The molecule has 0 radical (unpaired) electrons. The van der Waals surface area contributed by atoms with Crippen LogP contribution in [-0.2, 0) is 4.74 Å². The van der Waals surface area contributed by atoms with Gasteiger partial charge in [0.05, 0.1) is 30.6 Å². The standard InChI is InChI=1S/C11H12ClFN2O.C2H6/c12-11-10(13)3-8(4-14-11)15-5-9-2-1-7(15)6-16-9;1-2/h3-4,7,9H,1-2,5-6H2;1-2H3. The quantitative estimate of drug-likeness (QED) is 0.734. The third kappa shape index (κ3) is 2.59. The van der Waals surface area contributed by atoms with Gasteiger partial charge in [-0.3, -0.25) is 0 Å². The zero-order chi connectivity index (χ0) is 13.1. The van der Waals surface area contributed by atoms with Crippen LogP contribution in [0.5, 0.6) is 0 Å². The molecule has 0 N–H and O–H groups in total. The van der Waals surface area contributed by atoms with E-state index in [0.717, 1.165) is 31.7 Å². The molecular formula is C13H18ClFN2O. The number of anilines is 1. The summed E-state index contributed by atoms with van der Waals surface area (Å²) < 4.78 is 18.9. The van der Waals surface area contributed by atoms with E-state index in [2.05, 4.69) is 9.88 Å². The lowest BCUT2D eigenvalue weighted by Crippen LogP contribution is -2.54. The molecule has 2 bridgehead atoms. The Morgan fingerprint density at radius 2 is 2.22 bits per heavy atom. The summed E-state index contributed by atoms with van der Waals surface area (Å²) >= 11 is 5.57. The van der Waals surface area contributed by atoms with Crippen LogP contribution in [0.4, 0.5) is 10.1 Å². The van der Waals surface area contributed by atoms with Crippen LogP contribution in [0, 0.1) is 5.82 Å². The van der Waals surface area contributed by atoms with Crippen LogP contribution in [0.15, 0.2) is 12.3 Å². The molecule has 2 unspecified atom stereocenters. The SMILES string of the molecule is CC.Fc1cc(N2CC3CCC2CO3)cnc1Cl. The zero-order valence-corrected chi connectivity index (χ0v) is 11.5. The molecule has 5 heteroatoms. The minimum absolute atomic E-state index is 0.0674. The van der Waals surface area contributed by atoms with E-state index in [1.54, 1.807) is 6.20 Å². The number of rotatable bonds is 1. The number of aromatic nitrogens is 1. The van der Waals surface area contributed by atoms with Gasteiger partial charge in [0, 0.05) is 12.6 Å². The molecule has 100 valence electrons. The molecule has 3 saturated heterocycles. The van der Waals surface area contributed by atoms with Gasteiger partial charge in [0.1, 0.15) is 0 Å². The number of nitrogens with zero attached hydrogens (tertiary/aromatic N) is 2. The molecule has 3 aliphatic rings. The first-order valence-electron chi connectivity index (χ1n) is 6.43. The van der Waals surface area contributed by atoms with Crippen molar-refractivity contribution in [1.29, 1.82) is 0 Å². The second kappa shape index (κ2) is 5.85. The molecular weight excluding hydrogens is 255 g/mol. The summed E-state index contributed by atoms with van der Waals surface area (Å²) in [6.07, 6.45) is 4.12. The summed E-state index contributed by atoms with van der Waals surface area (Å²) in [6, 6.07) is 1.81. The molecule has 1 aromatic rings. The number of morpholine rings is 1. The number of piperidine rings is 1. The molecule has 4 rings (SSSR count). The average Bonchev–Trinajstić information content (AvgIpc) is 2.45. The predicted molar refractivity (Wildman–Crippen MR) is 70.7 cm³/mol. The number of hydrogen-bond acceptors (Lipinski definition) is 3. The number of ether oxygens (including phenoxy) is 1. The highest BCUT2D eigenvalue weighted by atomic mass is 35.5. The van der Waals surface area contributed by atoms with Crippen LogP contribution in [0.3, 0.4) is 0 Å². The van der Waals surface area contributed by atoms with Gasteiger partial charge in [-0.1, -0.05) is 25.4 Å². The summed E-state index contributed by atoms with van der Waals surface area (Å²) in [7, 11) is 0. The third-order valence-corrected chi connectivity index (χ3v) is 3.58. The van der Waals surface area contributed by atoms with Gasteiger partial charge in [-0.05, 0) is 12.8 Å². The highest BCUT2D eigenvalue weighted by Gasteiger charge is 2.34. The highest BCUT2D eigenvalue weighted by Crippen LogP contribution is 2.31. The van der Waals surface area contributed by atoms with E-state index >= 15 is 0 Å². The zero-order valence-electron chi connectivity index (χ0n) is 10.7. The fourth-order valence-electron chi connectivity index (χ4n) is 2.43. The van der Waals surface area contributed by atoms with E-state index in [9.17, 15) is 4.39 Å². The largest absolute Gasteiger partial charge is 0.374 e. The first-order chi connectivity index (χ1) is 8.74. The lowest BCUT2D eigenvalue weighted by molar-refractivity contribution is -0.0225. The topological polar surface area (TPSA) is 25.4 Å². The van der Waals surface area contributed by atoms with Crippen molar-refractivity contribution in [3.63, 3.8) is 0 Å². The molecule has 1 aromatic heterocycles. The van der Waals surface area contributed by atoms with E-state index in [0.29, 0.717) is 6.04 Å². The van der Waals surface area contributed by atoms with E-state index < -0.39 is 5.82 Å². The Bertz CT molecular complexity index is 408. The van der Waals surface area contributed by atoms with Crippen LogP contribution < -0.4 is 4.90 Å². The summed E-state index contributed by atoms with van der Waals surface area (Å²) in [6.45, 7) is 5.56. The summed E-state index contributed by atoms with van der Waals surface area (Å²) in [4.78, 5) is 6.02. The third-order valence-electron chi connectivity index (χ3n) is 3.30. The Morgan fingerprint density at radius 3 is 2.72 bits per heavy atom. The summed E-state index contributed by atoms with van der Waals surface area (Å²) in [5.74, 6) is -0.457. The Kier molecular flexibility index (Phi) is 4.40. The lowest BCUT2D eigenvalue weighted by Gasteiger charge is -2.46. The monoisotopic (exact) mass is 272 g/mol. The van der Waals surface area contributed by atoms with Crippen LogP contribution >= 0.6 is 11.6 Å². The van der Waals surface area contributed by atoms with Gasteiger partial charge in [0.15, 0.2) is 11.0 Å². The van der Waals surface area contributed by atoms with Crippen LogP contribution in [0.1, 0.15) is 26.7 Å². The van der Waals surface area contributed by atoms with Crippen LogP contribution in [-0.4, -0.2) is 30.3 Å². The number of fused-ring (bicyclic) bond motifs is 3. The van der Waals surface area contributed by atoms with Crippen LogP contribution in [0.2, 0.25) is 5.15 Å². The van der Waals surface area contributed by atoms with E-state index in [1.165, 1.54) is 6.07 Å². The van der Waals surface area contributed by atoms with Gasteiger partial charge in [0.2, 0.25) is 0 Å². The van der Waals surface area contributed by atoms with E-state index in [1.807, 2.05) is 13.8 Å². The molecule has 4 heterocycles. The van der Waals surface area contributed by atoms with Gasteiger partial charge < -0.3 is 9.64 Å². The van der Waals surface area contributed by atoms with Gasteiger partial charge in [-0.15, -0.1) is 0 Å². The minimum Gasteiger partial charge on any atom is -0.374 e. The Labute approximate surface area is 112 Å². The van der Waals surface area contributed by atoms with Crippen molar-refractivity contribution in [3.8, 4) is 0 Å². The van der Waals surface area contributed by atoms with Crippen molar-refractivity contribution in [2.45, 2.75) is 38.8 Å². The molecule has 3 aliphatic heterocycles. The van der Waals surface area contributed by atoms with Crippen molar-refractivity contribution in [3.05, 3.63) is 23.2 Å². The van der Waals surface area contributed by atoms with Gasteiger partial charge in [-0.25, -0.2) is 9.37 Å². The number of pyridine rings is 1. The van der Waals surface area contributed by atoms with Gasteiger partial charge in [0.25, 0.3) is 0 Å². The maximum atomic E-state index is 13.3. The predicted octanol–water partition coefficient (Wildman–Crippen LogP) is 3.27. The van der Waals surface area contributed by atoms with Crippen molar-refractivity contribution in [2.75, 3.05) is 18.1 Å². The smallest absolute Gasteiger partial charge is 0.164 e. The Morgan fingerprint density at radius 1 is 1.44 bits per heavy atom. The molecule has 0 aromatic carbocycles. The van der Waals surface area contributed by atoms with Crippen LogP contribution in [0.25, 0.3) is 0 Å². The number of halogens is 2. The maximum Gasteiger partial charge on any atom is 0.164 e. The molecule has 3 nitrogen and oxygen atoms in total. The summed E-state index contributed by atoms with van der Waals surface area (Å²) in [5, 5.41) is -0.0674. The van der Waals surface area contributed by atoms with E-state index in [4.69, 9.17) is 16.3 Å².